The number of pyridine rings is 1. The zero-order valence-electron chi connectivity index (χ0n) is 22.6. The van der Waals surface area contributed by atoms with E-state index in [1.807, 2.05) is 0 Å². The lowest BCUT2D eigenvalue weighted by atomic mass is 10.1. The largest absolute Gasteiger partial charge is 0.480 e. The molecule has 11 nitrogen and oxygen atoms in total. The second kappa shape index (κ2) is 13.3. The third kappa shape index (κ3) is 7.30. The third-order valence-corrected chi connectivity index (χ3v) is 8.21. The molecule has 1 fully saturated rings. The van der Waals surface area contributed by atoms with Crippen LogP contribution in [0.4, 0.5) is 10.1 Å². The number of ether oxygens (including phenoxy) is 2. The Hall–Kier alpha value is -3.78. The Labute approximate surface area is 242 Å². The number of hydrogen-bond acceptors (Lipinski definition) is 9. The van der Waals surface area contributed by atoms with Crippen LogP contribution in [0.25, 0.3) is 11.2 Å². The highest BCUT2D eigenvalue weighted by molar-refractivity contribution is 7.89. The number of benzene rings is 1. The highest BCUT2D eigenvalue weighted by Gasteiger charge is 2.21. The maximum absolute atomic E-state index is 13.5. The number of aliphatic imine (C=N–C) groups is 1. The molecule has 14 heteroatoms. The van der Waals surface area contributed by atoms with Gasteiger partial charge in [0.25, 0.3) is 15.6 Å². The number of nitrogens with one attached hydrogen (secondary N) is 2. The Balaban J connectivity index is 1.62. The van der Waals surface area contributed by atoms with Gasteiger partial charge in [-0.1, -0.05) is 11.6 Å². The van der Waals surface area contributed by atoms with Gasteiger partial charge in [0.2, 0.25) is 5.88 Å². The smallest absolute Gasteiger partial charge is 0.281 e. The first-order valence-corrected chi connectivity index (χ1v) is 14.5. The topological polar surface area (TPSA) is 127 Å². The molecule has 0 saturated carbocycles. The molecule has 0 bridgehead atoms. The van der Waals surface area contributed by atoms with Crippen molar-refractivity contribution in [3.8, 4) is 0 Å². The van der Waals surface area contributed by atoms with Crippen LogP contribution >= 0.6 is 11.6 Å². The van der Waals surface area contributed by atoms with Gasteiger partial charge in [-0.3, -0.25) is 18.8 Å². The molecule has 0 radical (unpaired) electrons. The molecule has 2 N–H and O–H groups in total. The lowest BCUT2D eigenvalue weighted by molar-refractivity contribution is 0.0398. The molecule has 0 unspecified atom stereocenters. The first-order valence-electron chi connectivity index (χ1n) is 12.6. The SMILES string of the molecule is C=N/C(OC)=C(\C=C(/C)c1ccc2ncc(NCCN3CCOCC3)c(=O)n2c1)NS(=O)(=O)c1ccc(F)cc1Cl. The summed E-state index contributed by atoms with van der Waals surface area (Å²) in [5.74, 6) is -0.792. The van der Waals surface area contributed by atoms with E-state index >= 15 is 0 Å². The number of methoxy groups -OCH3 is 1. The Morgan fingerprint density at radius 1 is 1.29 bits per heavy atom. The van der Waals surface area contributed by atoms with Crippen LogP contribution in [0.2, 0.25) is 5.02 Å². The zero-order chi connectivity index (χ0) is 29.6. The van der Waals surface area contributed by atoms with E-state index in [9.17, 15) is 17.6 Å². The Morgan fingerprint density at radius 2 is 2.05 bits per heavy atom. The summed E-state index contributed by atoms with van der Waals surface area (Å²) in [6, 6.07) is 6.37. The second-order valence-electron chi connectivity index (χ2n) is 9.09. The van der Waals surface area contributed by atoms with Crippen molar-refractivity contribution in [3.05, 3.63) is 87.1 Å². The lowest BCUT2D eigenvalue weighted by Gasteiger charge is -2.26. The maximum Gasteiger partial charge on any atom is 0.281 e. The quantitative estimate of drug-likeness (QED) is 0.194. The lowest BCUT2D eigenvalue weighted by Crippen LogP contribution is -2.39. The fourth-order valence-corrected chi connectivity index (χ4v) is 5.77. The number of aromatic nitrogens is 2. The summed E-state index contributed by atoms with van der Waals surface area (Å²) < 4.78 is 54.1. The van der Waals surface area contributed by atoms with Crippen LogP contribution in [-0.4, -0.2) is 75.9 Å². The van der Waals surface area contributed by atoms with Gasteiger partial charge in [0.1, 0.15) is 27.7 Å². The summed E-state index contributed by atoms with van der Waals surface area (Å²) in [6.45, 7) is 9.59. The summed E-state index contributed by atoms with van der Waals surface area (Å²) in [4.78, 5) is 23.3. The maximum atomic E-state index is 13.5. The monoisotopic (exact) mass is 604 g/mol. The molecule has 0 amide bonds. The molecule has 41 heavy (non-hydrogen) atoms. The van der Waals surface area contributed by atoms with Crippen molar-refractivity contribution in [2.75, 3.05) is 51.8 Å². The summed E-state index contributed by atoms with van der Waals surface area (Å²) in [6.07, 6.45) is 4.60. The van der Waals surface area contributed by atoms with Crippen molar-refractivity contribution in [1.82, 2.24) is 19.0 Å². The fraction of sp³-hybridized carbons (Fsp3) is 0.296. The molecule has 1 saturated heterocycles. The molecule has 3 aromatic rings. The van der Waals surface area contributed by atoms with Gasteiger partial charge in [0, 0.05) is 32.4 Å². The van der Waals surface area contributed by atoms with Crippen LogP contribution < -0.4 is 15.6 Å². The fourth-order valence-electron chi connectivity index (χ4n) is 4.19. The minimum absolute atomic E-state index is 0.0514. The van der Waals surface area contributed by atoms with Gasteiger partial charge in [-0.25, -0.2) is 22.8 Å². The third-order valence-electron chi connectivity index (χ3n) is 6.36. The van der Waals surface area contributed by atoms with Crippen LogP contribution in [0.3, 0.4) is 0 Å². The van der Waals surface area contributed by atoms with E-state index in [2.05, 4.69) is 31.6 Å². The highest BCUT2D eigenvalue weighted by Crippen LogP contribution is 2.25. The molecule has 1 aromatic carbocycles. The molecule has 0 spiro atoms. The van der Waals surface area contributed by atoms with Gasteiger partial charge >= 0.3 is 0 Å². The average molecular weight is 605 g/mol. The molecule has 218 valence electrons. The number of fused-ring (bicyclic) bond motifs is 1. The second-order valence-corrected chi connectivity index (χ2v) is 11.2. The van der Waals surface area contributed by atoms with Gasteiger partial charge in [-0.15, -0.1) is 0 Å². The molecule has 0 aliphatic carbocycles. The number of morpholine rings is 1. The standard InChI is InChI=1S/C27H30ClFN6O5S/c1-18(14-22(26(30-2)39-3)33-41(37,38)24-6-5-20(29)15-21(24)28)19-4-7-25-32-16-23(27(36)35(25)17-19)31-8-9-34-10-12-40-13-11-34/h4-7,14-17,31,33H,2,8-13H2,1,3H3/b18-14+,26-22-. The van der Waals surface area contributed by atoms with Crippen LogP contribution in [0.5, 0.6) is 0 Å². The molecule has 2 aromatic heterocycles. The molecular formula is C27H30ClFN6O5S. The predicted octanol–water partition coefficient (Wildman–Crippen LogP) is 3.13. The number of hydrogen-bond donors (Lipinski definition) is 2. The van der Waals surface area contributed by atoms with E-state index in [0.29, 0.717) is 42.2 Å². The van der Waals surface area contributed by atoms with Gasteiger partial charge in [0.15, 0.2) is 0 Å². The average Bonchev–Trinajstić information content (AvgIpc) is 2.95. The normalized spacial score (nSPS) is 15.4. The van der Waals surface area contributed by atoms with Crippen molar-refractivity contribution >= 4 is 45.2 Å². The van der Waals surface area contributed by atoms with Crippen molar-refractivity contribution in [3.63, 3.8) is 0 Å². The number of nitrogens with zero attached hydrogens (tertiary/aromatic N) is 4. The molecule has 3 heterocycles. The summed E-state index contributed by atoms with van der Waals surface area (Å²) >= 11 is 5.99. The molecule has 1 aliphatic rings. The number of rotatable bonds is 11. The van der Waals surface area contributed by atoms with E-state index < -0.39 is 15.8 Å². The molecule has 4 rings (SSSR count). The van der Waals surface area contributed by atoms with Crippen LogP contribution in [-0.2, 0) is 19.5 Å². The summed E-state index contributed by atoms with van der Waals surface area (Å²) in [7, 11) is -2.96. The summed E-state index contributed by atoms with van der Waals surface area (Å²) in [5, 5.41) is 2.87. The number of sulfonamides is 1. The van der Waals surface area contributed by atoms with Crippen molar-refractivity contribution in [2.24, 2.45) is 4.99 Å². The highest BCUT2D eigenvalue weighted by atomic mass is 35.5. The predicted molar refractivity (Wildman–Crippen MR) is 156 cm³/mol. The molecular weight excluding hydrogens is 575 g/mol. The Bertz CT molecular complexity index is 1670. The van der Waals surface area contributed by atoms with E-state index in [0.717, 1.165) is 37.8 Å². The van der Waals surface area contributed by atoms with E-state index in [1.165, 1.54) is 23.8 Å². The van der Waals surface area contributed by atoms with Crippen LogP contribution in [0, 0.1) is 5.82 Å². The van der Waals surface area contributed by atoms with Gasteiger partial charge in [0.05, 0.1) is 31.5 Å². The van der Waals surface area contributed by atoms with Crippen LogP contribution in [0.15, 0.2) is 75.1 Å². The minimum Gasteiger partial charge on any atom is -0.480 e. The summed E-state index contributed by atoms with van der Waals surface area (Å²) in [5.41, 5.74) is 1.63. The van der Waals surface area contributed by atoms with Crippen LogP contribution in [0.1, 0.15) is 12.5 Å². The number of allylic oxidation sites excluding steroid dienone is 2. The van der Waals surface area contributed by atoms with Gasteiger partial charge < -0.3 is 14.8 Å². The minimum atomic E-state index is -4.27. The Kier molecular flexibility index (Phi) is 9.76. The number of anilines is 1. The Morgan fingerprint density at radius 3 is 2.73 bits per heavy atom. The molecule has 1 aliphatic heterocycles. The zero-order valence-corrected chi connectivity index (χ0v) is 24.1. The first-order chi connectivity index (χ1) is 19.6. The van der Waals surface area contributed by atoms with E-state index in [-0.39, 0.29) is 27.1 Å². The number of halogens is 2. The first kappa shape index (κ1) is 30.2. The molecule has 0 atom stereocenters. The van der Waals surface area contributed by atoms with Gasteiger partial charge in [-0.2, -0.15) is 0 Å². The van der Waals surface area contributed by atoms with Crippen molar-refractivity contribution < 1.29 is 22.3 Å². The van der Waals surface area contributed by atoms with E-state index in [1.54, 1.807) is 25.3 Å². The van der Waals surface area contributed by atoms with Crippen molar-refractivity contribution in [1.29, 1.82) is 0 Å². The van der Waals surface area contributed by atoms with Gasteiger partial charge in [-0.05, 0) is 61.2 Å². The van der Waals surface area contributed by atoms with E-state index in [4.69, 9.17) is 21.1 Å². The van der Waals surface area contributed by atoms with Crippen molar-refractivity contribution in [2.45, 2.75) is 11.8 Å².